The molecule has 1 saturated heterocycles. The van der Waals surface area contributed by atoms with Gasteiger partial charge in [0.1, 0.15) is 5.75 Å². The quantitative estimate of drug-likeness (QED) is 0.756. The Morgan fingerprint density at radius 1 is 0.933 bits per heavy atom. The van der Waals surface area contributed by atoms with Gasteiger partial charge in [0.15, 0.2) is 6.10 Å². The average Bonchev–Trinajstić information content (AvgIpc) is 3.26. The first kappa shape index (κ1) is 19.4. The number of anilines is 1. The molecule has 1 fully saturated rings. The third-order valence-corrected chi connectivity index (χ3v) is 8.11. The highest BCUT2D eigenvalue weighted by atomic mass is 32.2. The minimum Gasteiger partial charge on any atom is -0.476 e. The molecule has 5 rings (SSSR count). The second-order valence-electron chi connectivity index (χ2n) is 8.28. The first-order valence-electron chi connectivity index (χ1n) is 10.7. The summed E-state index contributed by atoms with van der Waals surface area (Å²) in [4.78, 5) is 15.2. The summed E-state index contributed by atoms with van der Waals surface area (Å²) >= 11 is 0. The molecule has 2 aromatic carbocycles. The van der Waals surface area contributed by atoms with Crippen molar-refractivity contribution in [2.24, 2.45) is 0 Å². The lowest BCUT2D eigenvalue weighted by Crippen LogP contribution is -2.52. The molecule has 0 unspecified atom stereocenters. The topological polar surface area (TPSA) is 66.9 Å². The van der Waals surface area contributed by atoms with Crippen LogP contribution in [0, 0.1) is 0 Å². The number of piperidine rings is 1. The van der Waals surface area contributed by atoms with Gasteiger partial charge in [-0.1, -0.05) is 18.2 Å². The Labute approximate surface area is 177 Å². The molecule has 7 heteroatoms. The number of amides is 1. The van der Waals surface area contributed by atoms with E-state index < -0.39 is 16.1 Å². The molecule has 1 atom stereocenters. The number of carbonyl (C=O) groups excluding carboxylic acids is 1. The van der Waals surface area contributed by atoms with Crippen LogP contribution in [0.4, 0.5) is 5.69 Å². The van der Waals surface area contributed by atoms with Gasteiger partial charge in [0.25, 0.3) is 15.9 Å². The second-order valence-corrected chi connectivity index (χ2v) is 10.1. The molecule has 30 heavy (non-hydrogen) atoms. The van der Waals surface area contributed by atoms with Gasteiger partial charge in [0, 0.05) is 13.1 Å². The number of para-hydroxylation sites is 2. The Bertz CT molecular complexity index is 1080. The maximum absolute atomic E-state index is 13.6. The summed E-state index contributed by atoms with van der Waals surface area (Å²) in [7, 11) is -3.81. The van der Waals surface area contributed by atoms with E-state index in [0.29, 0.717) is 24.5 Å². The number of rotatable bonds is 3. The molecule has 0 spiro atoms. The monoisotopic (exact) mass is 426 g/mol. The number of nitrogens with zero attached hydrogens (tertiary/aromatic N) is 2. The highest BCUT2D eigenvalue weighted by molar-refractivity contribution is 7.92. The molecule has 2 heterocycles. The normalized spacial score (nSPS) is 21.0. The number of ether oxygens (including phenoxy) is 1. The number of benzene rings is 2. The summed E-state index contributed by atoms with van der Waals surface area (Å²) in [6.45, 7) is 1.40. The summed E-state index contributed by atoms with van der Waals surface area (Å²) in [5, 5.41) is 0. The van der Waals surface area contributed by atoms with E-state index in [9.17, 15) is 13.2 Å². The fourth-order valence-corrected chi connectivity index (χ4v) is 6.24. The molecule has 0 radical (unpaired) electrons. The number of likely N-dealkylation sites (tertiary alicyclic amines) is 1. The van der Waals surface area contributed by atoms with Gasteiger partial charge in [-0.15, -0.1) is 0 Å². The predicted molar refractivity (Wildman–Crippen MR) is 114 cm³/mol. The van der Waals surface area contributed by atoms with Crippen molar-refractivity contribution < 1.29 is 17.9 Å². The van der Waals surface area contributed by atoms with Crippen LogP contribution in [-0.4, -0.2) is 45.0 Å². The third-order valence-electron chi connectivity index (χ3n) is 6.34. The van der Waals surface area contributed by atoms with Gasteiger partial charge >= 0.3 is 0 Å². The Morgan fingerprint density at radius 2 is 1.70 bits per heavy atom. The average molecular weight is 427 g/mol. The van der Waals surface area contributed by atoms with Crippen LogP contribution in [0.1, 0.15) is 36.8 Å². The summed E-state index contributed by atoms with van der Waals surface area (Å²) in [6.07, 6.45) is 5.22. The molecular weight excluding hydrogens is 400 g/mol. The Kier molecular flexibility index (Phi) is 4.93. The van der Waals surface area contributed by atoms with Crippen LogP contribution in [0.2, 0.25) is 0 Å². The van der Waals surface area contributed by atoms with E-state index in [1.54, 1.807) is 36.4 Å². The zero-order valence-electron chi connectivity index (χ0n) is 16.9. The van der Waals surface area contributed by atoms with E-state index in [1.807, 2.05) is 11.0 Å². The SMILES string of the molecule is O=C([C@@H]1CN(S(=O)(=O)c2ccc3c(c2)CCC3)c2ccccc2O1)N1CCCCC1. The molecule has 0 aromatic heterocycles. The van der Waals surface area contributed by atoms with Gasteiger partial charge in [-0.25, -0.2) is 8.42 Å². The fraction of sp³-hybridized carbons (Fsp3) is 0.435. The molecule has 158 valence electrons. The molecular formula is C23H26N2O4S. The second kappa shape index (κ2) is 7.61. The predicted octanol–water partition coefficient (Wildman–Crippen LogP) is 3.14. The van der Waals surface area contributed by atoms with Gasteiger partial charge < -0.3 is 9.64 Å². The van der Waals surface area contributed by atoms with Gasteiger partial charge in [0.2, 0.25) is 0 Å². The van der Waals surface area contributed by atoms with Crippen molar-refractivity contribution in [3.63, 3.8) is 0 Å². The van der Waals surface area contributed by atoms with Crippen LogP contribution in [0.5, 0.6) is 5.75 Å². The van der Waals surface area contributed by atoms with Crippen LogP contribution >= 0.6 is 0 Å². The molecule has 6 nitrogen and oxygen atoms in total. The van der Waals surface area contributed by atoms with E-state index >= 15 is 0 Å². The number of fused-ring (bicyclic) bond motifs is 2. The molecule has 1 aliphatic carbocycles. The smallest absolute Gasteiger partial charge is 0.265 e. The van der Waals surface area contributed by atoms with Crippen molar-refractivity contribution in [2.45, 2.75) is 49.5 Å². The lowest BCUT2D eigenvalue weighted by atomic mass is 10.1. The molecule has 0 saturated carbocycles. The maximum atomic E-state index is 13.6. The first-order chi connectivity index (χ1) is 14.5. The highest BCUT2D eigenvalue weighted by Crippen LogP contribution is 2.38. The van der Waals surface area contributed by atoms with Crippen LogP contribution in [0.25, 0.3) is 0 Å². The molecule has 2 aromatic rings. The van der Waals surface area contributed by atoms with E-state index in [4.69, 9.17) is 4.74 Å². The van der Waals surface area contributed by atoms with Crippen molar-refractivity contribution >= 4 is 21.6 Å². The lowest BCUT2D eigenvalue weighted by molar-refractivity contribution is -0.139. The van der Waals surface area contributed by atoms with Gasteiger partial charge in [-0.3, -0.25) is 9.10 Å². The first-order valence-corrected chi connectivity index (χ1v) is 12.2. The molecule has 0 bridgehead atoms. The summed E-state index contributed by atoms with van der Waals surface area (Å²) < 4.78 is 34.6. The summed E-state index contributed by atoms with van der Waals surface area (Å²) in [6, 6.07) is 12.5. The number of carbonyl (C=O) groups is 1. The summed E-state index contributed by atoms with van der Waals surface area (Å²) in [5.41, 5.74) is 2.83. The van der Waals surface area contributed by atoms with Crippen LogP contribution in [0.3, 0.4) is 0 Å². The van der Waals surface area contributed by atoms with E-state index in [1.165, 1.54) is 9.87 Å². The maximum Gasteiger partial charge on any atom is 0.265 e. The van der Waals surface area contributed by atoms with Gasteiger partial charge in [0.05, 0.1) is 17.1 Å². The minimum atomic E-state index is -3.81. The van der Waals surface area contributed by atoms with Crippen molar-refractivity contribution in [1.82, 2.24) is 4.90 Å². The standard InChI is InChI=1S/C23H26N2O4S/c26-23(24-13-4-1-5-14-24)22-16-25(20-9-2-3-10-21(20)29-22)30(27,28)19-12-11-17-7-6-8-18(17)15-19/h2-3,9-12,15,22H,1,4-8,13-14,16H2/t22-/m0/s1. The van der Waals surface area contributed by atoms with Gasteiger partial charge in [-0.2, -0.15) is 0 Å². The van der Waals surface area contributed by atoms with Gasteiger partial charge in [-0.05, 0) is 73.9 Å². The molecule has 0 N–H and O–H groups in total. The Balaban J connectivity index is 1.50. The van der Waals surface area contributed by atoms with E-state index in [2.05, 4.69) is 0 Å². The molecule has 3 aliphatic rings. The largest absolute Gasteiger partial charge is 0.476 e. The van der Waals surface area contributed by atoms with Crippen LogP contribution in [0.15, 0.2) is 47.4 Å². The third kappa shape index (κ3) is 3.35. The van der Waals surface area contributed by atoms with Crippen molar-refractivity contribution in [3.8, 4) is 5.75 Å². The fourth-order valence-electron chi connectivity index (χ4n) is 4.71. The summed E-state index contributed by atoms with van der Waals surface area (Å²) in [5.74, 6) is 0.308. The van der Waals surface area contributed by atoms with E-state index in [-0.39, 0.29) is 17.3 Å². The highest BCUT2D eigenvalue weighted by Gasteiger charge is 2.39. The zero-order chi connectivity index (χ0) is 20.7. The van der Waals surface area contributed by atoms with Crippen molar-refractivity contribution in [3.05, 3.63) is 53.6 Å². The Morgan fingerprint density at radius 3 is 2.53 bits per heavy atom. The van der Waals surface area contributed by atoms with Crippen LogP contribution in [-0.2, 0) is 27.7 Å². The minimum absolute atomic E-state index is 0.00817. The lowest BCUT2D eigenvalue weighted by Gasteiger charge is -2.37. The zero-order valence-corrected chi connectivity index (χ0v) is 17.7. The Hall–Kier alpha value is -2.54. The number of hydrogen-bond donors (Lipinski definition) is 0. The molecule has 1 amide bonds. The van der Waals surface area contributed by atoms with Crippen molar-refractivity contribution in [1.29, 1.82) is 0 Å². The van der Waals surface area contributed by atoms with E-state index in [0.717, 1.165) is 44.1 Å². The molecule has 2 aliphatic heterocycles. The number of hydrogen-bond acceptors (Lipinski definition) is 4. The van der Waals surface area contributed by atoms with Crippen molar-refractivity contribution in [2.75, 3.05) is 23.9 Å². The van der Waals surface area contributed by atoms with Crippen LogP contribution < -0.4 is 9.04 Å². The number of sulfonamides is 1. The number of aryl methyl sites for hydroxylation is 2.